The highest BCUT2D eigenvalue weighted by atomic mass is 16.5. The lowest BCUT2D eigenvalue weighted by Crippen LogP contribution is -2.47. The molecule has 0 aromatic rings. The van der Waals surface area contributed by atoms with Crippen molar-refractivity contribution in [3.8, 4) is 0 Å². The van der Waals surface area contributed by atoms with E-state index in [0.29, 0.717) is 11.3 Å². The summed E-state index contributed by atoms with van der Waals surface area (Å²) in [6.07, 6.45) is 11.7. The maximum atomic E-state index is 12.0. The molecule has 1 amide bonds. The third kappa shape index (κ3) is 2.74. The molecule has 2 atom stereocenters. The van der Waals surface area contributed by atoms with E-state index in [1.54, 1.807) is 13.2 Å². The van der Waals surface area contributed by atoms with Crippen LogP contribution in [0.3, 0.4) is 0 Å². The zero-order valence-corrected chi connectivity index (χ0v) is 13.2. The molecule has 2 aliphatic carbocycles. The van der Waals surface area contributed by atoms with Gasteiger partial charge >= 0.3 is 0 Å². The van der Waals surface area contributed by atoms with Crippen LogP contribution in [0.15, 0.2) is 35.1 Å². The third-order valence-electron chi connectivity index (χ3n) is 5.10. The van der Waals surface area contributed by atoms with Gasteiger partial charge in [0.05, 0.1) is 18.7 Å². The molecule has 0 aromatic heterocycles. The summed E-state index contributed by atoms with van der Waals surface area (Å²) < 4.78 is 5.31. The lowest BCUT2D eigenvalue weighted by atomic mass is 9.75. The standard InChI is InChI=1S/C18H23NO3/c1-11(20)17-15(22-2)9-8-14-13(7-6-12-4-3-5-12)10-16(21)19-18(14)17/h8-10,12,14,18H,3-7H2,1-2H3,(H,19,21). The number of hydrogen-bond acceptors (Lipinski definition) is 3. The second-order valence-corrected chi connectivity index (χ2v) is 6.46. The summed E-state index contributed by atoms with van der Waals surface area (Å²) in [7, 11) is 1.56. The fourth-order valence-electron chi connectivity index (χ4n) is 3.65. The van der Waals surface area contributed by atoms with Crippen LogP contribution in [-0.4, -0.2) is 24.8 Å². The minimum atomic E-state index is -0.286. The molecule has 1 N–H and O–H groups in total. The van der Waals surface area contributed by atoms with Crippen LogP contribution in [0.4, 0.5) is 0 Å². The molecule has 0 bridgehead atoms. The molecule has 118 valence electrons. The molecule has 0 saturated heterocycles. The molecule has 1 saturated carbocycles. The smallest absolute Gasteiger partial charge is 0.244 e. The SMILES string of the molecule is COC1=C(C(C)=O)C2NC(=O)C=C(CCC3CCC3)C2C=C1. The summed E-state index contributed by atoms with van der Waals surface area (Å²) in [5, 5.41) is 2.93. The molecule has 4 nitrogen and oxygen atoms in total. The summed E-state index contributed by atoms with van der Waals surface area (Å²) >= 11 is 0. The van der Waals surface area contributed by atoms with Crippen molar-refractivity contribution in [2.45, 2.75) is 45.1 Å². The van der Waals surface area contributed by atoms with E-state index in [1.165, 1.54) is 26.2 Å². The van der Waals surface area contributed by atoms with Gasteiger partial charge in [-0.3, -0.25) is 9.59 Å². The minimum Gasteiger partial charge on any atom is -0.496 e. The van der Waals surface area contributed by atoms with Crippen LogP contribution in [0.25, 0.3) is 0 Å². The van der Waals surface area contributed by atoms with Gasteiger partial charge in [0.2, 0.25) is 5.91 Å². The normalized spacial score (nSPS) is 27.7. The Morgan fingerprint density at radius 2 is 2.18 bits per heavy atom. The molecule has 22 heavy (non-hydrogen) atoms. The van der Waals surface area contributed by atoms with Crippen molar-refractivity contribution >= 4 is 11.7 Å². The number of ketones is 1. The fourth-order valence-corrected chi connectivity index (χ4v) is 3.65. The summed E-state index contributed by atoms with van der Waals surface area (Å²) in [6.45, 7) is 1.53. The number of fused-ring (bicyclic) bond motifs is 1. The van der Waals surface area contributed by atoms with Crippen molar-refractivity contribution in [3.63, 3.8) is 0 Å². The van der Waals surface area contributed by atoms with E-state index >= 15 is 0 Å². The Balaban J connectivity index is 1.83. The molecule has 1 fully saturated rings. The van der Waals surface area contributed by atoms with Crippen LogP contribution in [0.5, 0.6) is 0 Å². The fraction of sp³-hybridized carbons (Fsp3) is 0.556. The average Bonchev–Trinajstić information content (AvgIpc) is 2.43. The predicted octanol–water partition coefficient (Wildman–Crippen LogP) is 2.67. The van der Waals surface area contributed by atoms with E-state index in [2.05, 4.69) is 11.4 Å². The average molecular weight is 301 g/mol. The van der Waals surface area contributed by atoms with Crippen molar-refractivity contribution in [2.75, 3.05) is 7.11 Å². The Hall–Kier alpha value is -1.84. The number of allylic oxidation sites excluding steroid dienone is 1. The maximum absolute atomic E-state index is 12.0. The highest BCUT2D eigenvalue weighted by Gasteiger charge is 2.37. The van der Waals surface area contributed by atoms with Crippen LogP contribution in [-0.2, 0) is 14.3 Å². The van der Waals surface area contributed by atoms with Gasteiger partial charge in [0.25, 0.3) is 0 Å². The molecule has 2 unspecified atom stereocenters. The van der Waals surface area contributed by atoms with Crippen molar-refractivity contribution in [2.24, 2.45) is 11.8 Å². The van der Waals surface area contributed by atoms with Crippen molar-refractivity contribution < 1.29 is 14.3 Å². The highest BCUT2D eigenvalue weighted by Crippen LogP contribution is 2.37. The van der Waals surface area contributed by atoms with E-state index in [4.69, 9.17) is 4.74 Å². The third-order valence-corrected chi connectivity index (χ3v) is 5.10. The van der Waals surface area contributed by atoms with Gasteiger partial charge in [-0.1, -0.05) is 30.9 Å². The Morgan fingerprint density at radius 3 is 2.77 bits per heavy atom. The number of methoxy groups -OCH3 is 1. The van der Waals surface area contributed by atoms with E-state index < -0.39 is 0 Å². The van der Waals surface area contributed by atoms with Crippen molar-refractivity contribution in [1.82, 2.24) is 5.32 Å². The second kappa shape index (κ2) is 6.11. The number of ether oxygens (including phenoxy) is 1. The maximum Gasteiger partial charge on any atom is 0.244 e. The molecular formula is C18H23NO3. The van der Waals surface area contributed by atoms with E-state index in [0.717, 1.165) is 24.3 Å². The molecule has 1 aliphatic heterocycles. The van der Waals surface area contributed by atoms with Crippen molar-refractivity contribution in [1.29, 1.82) is 0 Å². The number of carbonyl (C=O) groups is 2. The molecule has 3 rings (SSSR count). The van der Waals surface area contributed by atoms with Gasteiger partial charge in [0.15, 0.2) is 5.78 Å². The number of rotatable bonds is 5. The van der Waals surface area contributed by atoms with Crippen LogP contribution >= 0.6 is 0 Å². The first-order chi connectivity index (χ1) is 10.6. The van der Waals surface area contributed by atoms with Gasteiger partial charge in [-0.05, 0) is 31.8 Å². The van der Waals surface area contributed by atoms with Gasteiger partial charge in [0.1, 0.15) is 5.76 Å². The summed E-state index contributed by atoms with van der Waals surface area (Å²) in [4.78, 5) is 24.0. The number of hydrogen-bond donors (Lipinski definition) is 1. The number of nitrogens with one attached hydrogen (secondary N) is 1. The van der Waals surface area contributed by atoms with Crippen LogP contribution in [0.2, 0.25) is 0 Å². The minimum absolute atomic E-state index is 0.0447. The summed E-state index contributed by atoms with van der Waals surface area (Å²) in [5.74, 6) is 1.31. The number of Topliss-reactive ketones (excluding diaryl/α,β-unsaturated/α-hetero) is 1. The Bertz CT molecular complexity index is 581. The molecule has 4 heteroatoms. The first kappa shape index (κ1) is 15.1. The monoisotopic (exact) mass is 301 g/mol. The van der Waals surface area contributed by atoms with Crippen LogP contribution < -0.4 is 5.32 Å². The van der Waals surface area contributed by atoms with Gasteiger partial charge in [-0.2, -0.15) is 0 Å². The first-order valence-electron chi connectivity index (χ1n) is 8.08. The van der Waals surface area contributed by atoms with Crippen LogP contribution in [0, 0.1) is 11.8 Å². The van der Waals surface area contributed by atoms with Crippen LogP contribution in [0.1, 0.15) is 39.0 Å². The summed E-state index contributed by atoms with van der Waals surface area (Å²) in [6, 6.07) is -0.286. The van der Waals surface area contributed by atoms with E-state index in [9.17, 15) is 9.59 Å². The molecule has 3 aliphatic rings. The van der Waals surface area contributed by atoms with Gasteiger partial charge in [-0.15, -0.1) is 0 Å². The Morgan fingerprint density at radius 1 is 1.41 bits per heavy atom. The zero-order chi connectivity index (χ0) is 15.7. The lowest BCUT2D eigenvalue weighted by molar-refractivity contribution is -0.118. The van der Waals surface area contributed by atoms with E-state index in [1.807, 2.05) is 6.08 Å². The quantitative estimate of drug-likeness (QED) is 0.849. The molecule has 0 radical (unpaired) electrons. The largest absolute Gasteiger partial charge is 0.496 e. The number of amides is 1. The Labute approximate surface area is 131 Å². The second-order valence-electron chi connectivity index (χ2n) is 6.46. The van der Waals surface area contributed by atoms with E-state index in [-0.39, 0.29) is 23.7 Å². The predicted molar refractivity (Wildman–Crippen MR) is 83.9 cm³/mol. The first-order valence-corrected chi connectivity index (χ1v) is 8.08. The molecule has 1 heterocycles. The highest BCUT2D eigenvalue weighted by molar-refractivity contribution is 5.99. The van der Waals surface area contributed by atoms with Gasteiger partial charge in [-0.25, -0.2) is 0 Å². The summed E-state index contributed by atoms with van der Waals surface area (Å²) in [5.41, 5.74) is 1.73. The molecule has 0 spiro atoms. The molecular weight excluding hydrogens is 278 g/mol. The topological polar surface area (TPSA) is 55.4 Å². The lowest BCUT2D eigenvalue weighted by Gasteiger charge is -2.36. The van der Waals surface area contributed by atoms with Crippen molar-refractivity contribution in [3.05, 3.63) is 35.1 Å². The zero-order valence-electron chi connectivity index (χ0n) is 13.2. The molecule has 0 aromatic carbocycles. The van der Waals surface area contributed by atoms with Gasteiger partial charge < -0.3 is 10.1 Å². The number of carbonyl (C=O) groups excluding carboxylic acids is 2. The van der Waals surface area contributed by atoms with Gasteiger partial charge in [0, 0.05) is 12.0 Å². The Kier molecular flexibility index (Phi) is 4.19.